The van der Waals surface area contributed by atoms with Crippen molar-refractivity contribution in [2.45, 2.75) is 52.1 Å². The topological polar surface area (TPSA) is 54.9 Å². The van der Waals surface area contributed by atoms with Crippen LogP contribution >= 0.6 is 0 Å². The maximum absolute atomic E-state index is 12.5. The van der Waals surface area contributed by atoms with E-state index in [2.05, 4.69) is 6.92 Å². The van der Waals surface area contributed by atoms with Crippen molar-refractivity contribution in [3.8, 4) is 5.75 Å². The predicted octanol–water partition coefficient (Wildman–Crippen LogP) is 3.31. The van der Waals surface area contributed by atoms with Crippen LogP contribution in [0.2, 0.25) is 0 Å². The van der Waals surface area contributed by atoms with Gasteiger partial charge in [0.05, 0.1) is 23.5 Å². The zero-order valence-corrected chi connectivity index (χ0v) is 15.5. The molecule has 4 rings (SSSR count). The summed E-state index contributed by atoms with van der Waals surface area (Å²) in [7, 11) is 0. The first-order valence-corrected chi connectivity index (χ1v) is 9.61. The number of phenolic OH excluding ortho intramolecular Hbond substituents is 1. The largest absolute Gasteiger partial charge is 0.507 e. The third-order valence-corrected chi connectivity index (χ3v) is 5.94. The number of hydrogen-bond acceptors (Lipinski definition) is 3. The number of benzene rings is 2. The van der Waals surface area contributed by atoms with E-state index in [1.807, 2.05) is 31.2 Å². The molecular weight excluding hydrogens is 326 g/mol. The van der Waals surface area contributed by atoms with Gasteiger partial charge in [0.15, 0.2) is 5.58 Å². The van der Waals surface area contributed by atoms with Crippen molar-refractivity contribution in [1.82, 2.24) is 0 Å². The Labute approximate surface area is 153 Å². The molecule has 4 heteroatoms. The molecular formula is C22H26NO3+. The van der Waals surface area contributed by atoms with Crippen molar-refractivity contribution in [2.24, 2.45) is 0 Å². The van der Waals surface area contributed by atoms with Gasteiger partial charge in [-0.3, -0.25) is 0 Å². The van der Waals surface area contributed by atoms with E-state index < -0.39 is 0 Å². The molecule has 0 spiro atoms. The molecule has 1 aromatic heterocycles. The zero-order chi connectivity index (χ0) is 18.3. The van der Waals surface area contributed by atoms with Crippen LogP contribution in [0.5, 0.6) is 5.75 Å². The minimum absolute atomic E-state index is 0.237. The molecule has 3 aromatic rings. The second kappa shape index (κ2) is 6.76. The van der Waals surface area contributed by atoms with Crippen LogP contribution in [-0.2, 0) is 6.54 Å². The van der Waals surface area contributed by atoms with Gasteiger partial charge in [-0.25, -0.2) is 4.79 Å². The van der Waals surface area contributed by atoms with E-state index in [1.165, 1.54) is 24.2 Å². The Balaban J connectivity index is 1.93. The number of likely N-dealkylation sites (tertiary alicyclic amines) is 1. The summed E-state index contributed by atoms with van der Waals surface area (Å²) in [4.78, 5) is 14.0. The van der Waals surface area contributed by atoms with E-state index in [-0.39, 0.29) is 11.4 Å². The lowest BCUT2D eigenvalue weighted by Crippen LogP contribution is -3.15. The van der Waals surface area contributed by atoms with Crippen LogP contribution in [0.25, 0.3) is 21.7 Å². The van der Waals surface area contributed by atoms with Gasteiger partial charge in [-0.15, -0.1) is 0 Å². The number of piperidine rings is 1. The molecule has 1 aliphatic heterocycles. The molecule has 1 unspecified atom stereocenters. The van der Waals surface area contributed by atoms with E-state index in [9.17, 15) is 9.90 Å². The summed E-state index contributed by atoms with van der Waals surface area (Å²) in [6.07, 6.45) is 4.85. The molecule has 1 aliphatic rings. The monoisotopic (exact) mass is 352 g/mol. The number of aromatic hydroxyl groups is 1. The first-order valence-electron chi connectivity index (χ1n) is 9.61. The molecule has 26 heavy (non-hydrogen) atoms. The molecule has 0 aliphatic carbocycles. The molecule has 1 saturated heterocycles. The Hall–Kier alpha value is -2.33. The lowest BCUT2D eigenvalue weighted by atomic mass is 9.96. The van der Waals surface area contributed by atoms with E-state index in [0.29, 0.717) is 23.6 Å². The number of hydrogen-bond donors (Lipinski definition) is 2. The molecule has 0 saturated carbocycles. The van der Waals surface area contributed by atoms with Gasteiger partial charge in [0.2, 0.25) is 0 Å². The van der Waals surface area contributed by atoms with Gasteiger partial charge in [0.25, 0.3) is 0 Å². The molecule has 0 radical (unpaired) electrons. The predicted molar refractivity (Wildman–Crippen MR) is 104 cm³/mol. The van der Waals surface area contributed by atoms with Crippen molar-refractivity contribution in [2.75, 3.05) is 6.54 Å². The Kier molecular flexibility index (Phi) is 4.45. The summed E-state index contributed by atoms with van der Waals surface area (Å²) in [6, 6.07) is 9.98. The van der Waals surface area contributed by atoms with Crippen molar-refractivity contribution in [3.05, 3.63) is 51.9 Å². The van der Waals surface area contributed by atoms with Gasteiger partial charge in [0, 0.05) is 10.8 Å². The van der Waals surface area contributed by atoms with Crippen LogP contribution < -0.4 is 10.5 Å². The van der Waals surface area contributed by atoms with Gasteiger partial charge >= 0.3 is 5.63 Å². The Morgan fingerprint density at radius 2 is 2.00 bits per heavy atom. The van der Waals surface area contributed by atoms with Crippen LogP contribution in [0.3, 0.4) is 0 Å². The van der Waals surface area contributed by atoms with Gasteiger partial charge in [-0.1, -0.05) is 25.1 Å². The number of phenols is 1. The van der Waals surface area contributed by atoms with Crippen LogP contribution in [0.1, 0.15) is 43.7 Å². The Morgan fingerprint density at radius 1 is 1.23 bits per heavy atom. The van der Waals surface area contributed by atoms with Crippen LogP contribution in [0, 0.1) is 6.92 Å². The lowest BCUT2D eigenvalue weighted by molar-refractivity contribution is -0.944. The average molecular weight is 352 g/mol. The highest BCUT2D eigenvalue weighted by atomic mass is 16.4. The Morgan fingerprint density at radius 3 is 2.77 bits per heavy atom. The molecule has 2 N–H and O–H groups in total. The molecule has 2 atom stereocenters. The van der Waals surface area contributed by atoms with Gasteiger partial charge in [0.1, 0.15) is 12.3 Å². The molecule has 2 aromatic carbocycles. The number of rotatable bonds is 3. The molecule has 4 nitrogen and oxygen atoms in total. The summed E-state index contributed by atoms with van der Waals surface area (Å²) < 4.78 is 5.75. The fourth-order valence-corrected chi connectivity index (χ4v) is 4.56. The SMILES string of the molecule is CC[C@H]1CCCC[NH+]1Cc1c(O)cc(C)c2c1oc(=O)c1ccccc12. The van der Waals surface area contributed by atoms with E-state index in [1.54, 1.807) is 6.07 Å². The highest BCUT2D eigenvalue weighted by Crippen LogP contribution is 2.33. The summed E-state index contributed by atoms with van der Waals surface area (Å²) >= 11 is 0. The lowest BCUT2D eigenvalue weighted by Gasteiger charge is -2.32. The van der Waals surface area contributed by atoms with Crippen molar-refractivity contribution in [1.29, 1.82) is 0 Å². The number of aryl methyl sites for hydroxylation is 1. The quantitative estimate of drug-likeness (QED) is 0.562. The first kappa shape index (κ1) is 17.1. The highest BCUT2D eigenvalue weighted by Gasteiger charge is 2.27. The van der Waals surface area contributed by atoms with Crippen LogP contribution in [-0.4, -0.2) is 17.7 Å². The molecule has 136 valence electrons. The van der Waals surface area contributed by atoms with E-state index >= 15 is 0 Å². The van der Waals surface area contributed by atoms with E-state index in [0.717, 1.165) is 34.9 Å². The number of quaternary nitrogens is 1. The smallest absolute Gasteiger partial charge is 0.344 e. The first-order chi connectivity index (χ1) is 12.6. The third-order valence-electron chi connectivity index (χ3n) is 5.94. The maximum Gasteiger partial charge on any atom is 0.344 e. The van der Waals surface area contributed by atoms with Gasteiger partial charge in [-0.2, -0.15) is 0 Å². The van der Waals surface area contributed by atoms with Crippen molar-refractivity contribution >= 4 is 21.7 Å². The van der Waals surface area contributed by atoms with Crippen LogP contribution in [0.15, 0.2) is 39.5 Å². The van der Waals surface area contributed by atoms with Crippen molar-refractivity contribution in [3.63, 3.8) is 0 Å². The summed E-state index contributed by atoms with van der Waals surface area (Å²) in [5, 5.41) is 13.1. The standard InChI is InChI=1S/C22H25NO3/c1-3-15-8-6-7-11-23(15)13-18-19(24)12-14(2)20-16-9-4-5-10-17(16)22(25)26-21(18)20/h4-5,9-10,12,15,24H,3,6-8,11,13H2,1-2H3/p+1/t15-/m0/s1. The maximum atomic E-state index is 12.5. The third kappa shape index (κ3) is 2.78. The minimum Gasteiger partial charge on any atom is -0.507 e. The fraction of sp³-hybridized carbons (Fsp3) is 0.409. The Bertz CT molecular complexity index is 1020. The molecule has 1 fully saturated rings. The summed E-state index contributed by atoms with van der Waals surface area (Å²) in [5.74, 6) is 0.237. The van der Waals surface area contributed by atoms with E-state index in [4.69, 9.17) is 4.42 Å². The number of fused-ring (bicyclic) bond motifs is 3. The normalized spacial score (nSPS) is 20.7. The molecule has 2 heterocycles. The molecule has 0 amide bonds. The summed E-state index contributed by atoms with van der Waals surface area (Å²) in [6.45, 7) is 5.99. The van der Waals surface area contributed by atoms with Crippen molar-refractivity contribution < 1.29 is 14.4 Å². The zero-order valence-electron chi connectivity index (χ0n) is 15.5. The van der Waals surface area contributed by atoms with Gasteiger partial charge < -0.3 is 14.4 Å². The summed E-state index contributed by atoms with van der Waals surface area (Å²) in [5.41, 5.74) is 1.92. The highest BCUT2D eigenvalue weighted by molar-refractivity contribution is 6.07. The molecule has 0 bridgehead atoms. The second-order valence-electron chi connectivity index (χ2n) is 7.52. The average Bonchev–Trinajstić information content (AvgIpc) is 2.65. The van der Waals surface area contributed by atoms with Crippen LogP contribution in [0.4, 0.5) is 0 Å². The number of nitrogens with one attached hydrogen (secondary N) is 1. The fourth-order valence-electron chi connectivity index (χ4n) is 4.56. The van der Waals surface area contributed by atoms with Gasteiger partial charge in [-0.05, 0) is 50.3 Å². The second-order valence-corrected chi connectivity index (χ2v) is 7.52. The minimum atomic E-state index is -0.333.